The first kappa shape index (κ1) is 27.7. The summed E-state index contributed by atoms with van der Waals surface area (Å²) in [6.07, 6.45) is 4.84. The van der Waals surface area contributed by atoms with Gasteiger partial charge < -0.3 is 30.5 Å². The zero-order valence-electron chi connectivity index (χ0n) is 19.3. The van der Waals surface area contributed by atoms with Crippen LogP contribution in [0.1, 0.15) is 58.1 Å². The van der Waals surface area contributed by atoms with E-state index in [0.717, 1.165) is 0 Å². The van der Waals surface area contributed by atoms with Gasteiger partial charge in [-0.05, 0) is 51.5 Å². The third-order valence-corrected chi connectivity index (χ3v) is 5.10. The monoisotopic (exact) mass is 466 g/mol. The highest BCUT2D eigenvalue weighted by Crippen LogP contribution is 2.12. The number of hydrogen-bond donors (Lipinski definition) is 5. The van der Waals surface area contributed by atoms with Crippen LogP contribution < -0.4 is 16.0 Å². The summed E-state index contributed by atoms with van der Waals surface area (Å²) in [5.74, 6) is -2.85. The average Bonchev–Trinajstić information content (AvgIpc) is 2.72. The lowest BCUT2D eigenvalue weighted by Gasteiger charge is -2.15. The first-order chi connectivity index (χ1) is 15.5. The number of carboxylic acid groups (broad SMARTS) is 2. The smallest absolute Gasteiger partial charge is 0.326 e. The molecule has 1 heterocycles. The number of hydrogen-bond acceptors (Lipinski definition) is 6. The van der Waals surface area contributed by atoms with Crippen molar-refractivity contribution in [1.82, 2.24) is 15.2 Å². The van der Waals surface area contributed by atoms with E-state index in [4.69, 9.17) is 10.2 Å². The Balaban J connectivity index is 2.57. The van der Waals surface area contributed by atoms with Crippen molar-refractivity contribution in [3.63, 3.8) is 0 Å². The van der Waals surface area contributed by atoms with E-state index in [1.165, 1.54) is 13.8 Å². The lowest BCUT2D eigenvalue weighted by atomic mass is 10.1. The Hall–Kier alpha value is -3.37. The maximum Gasteiger partial charge on any atom is 0.326 e. The van der Waals surface area contributed by atoms with E-state index >= 15 is 0 Å². The summed E-state index contributed by atoms with van der Waals surface area (Å²) >= 11 is 0. The Morgan fingerprint density at radius 1 is 0.939 bits per heavy atom. The number of pyridine rings is 1. The van der Waals surface area contributed by atoms with Crippen molar-refractivity contribution in [2.75, 3.05) is 6.54 Å². The molecule has 0 aliphatic heterocycles. The van der Waals surface area contributed by atoms with Gasteiger partial charge in [-0.3, -0.25) is 14.6 Å². The number of carboxylic acids is 2. The topological polar surface area (TPSA) is 170 Å². The number of nitrogens with zero attached hydrogens (tertiary/aromatic N) is 2. The predicted octanol–water partition coefficient (Wildman–Crippen LogP) is 0.922. The minimum absolute atomic E-state index is 0.0563. The molecule has 1 aromatic heterocycles. The lowest BCUT2D eigenvalue weighted by molar-refractivity contribution is -0.142. The molecule has 0 aliphatic carbocycles. The molecule has 11 heteroatoms. The largest absolute Gasteiger partial charge is 0.504 e. The van der Waals surface area contributed by atoms with E-state index in [2.05, 4.69) is 15.6 Å². The highest BCUT2D eigenvalue weighted by Gasteiger charge is 2.18. The van der Waals surface area contributed by atoms with Crippen LogP contribution in [0.15, 0.2) is 17.3 Å². The maximum atomic E-state index is 11.2. The highest BCUT2D eigenvalue weighted by atomic mass is 16.4. The van der Waals surface area contributed by atoms with Crippen LogP contribution in [-0.2, 0) is 25.7 Å². The van der Waals surface area contributed by atoms with Gasteiger partial charge in [0.1, 0.15) is 17.4 Å². The van der Waals surface area contributed by atoms with E-state index in [-0.39, 0.29) is 17.6 Å². The van der Waals surface area contributed by atoms with Crippen LogP contribution in [0.2, 0.25) is 0 Å². The van der Waals surface area contributed by atoms with Gasteiger partial charge in [-0.15, -0.1) is 0 Å². The number of unbranched alkanes of at least 4 members (excludes halogenated alkanes) is 2. The van der Waals surface area contributed by atoms with Crippen LogP contribution in [0.4, 0.5) is 0 Å². The fourth-order valence-electron chi connectivity index (χ4n) is 3.34. The number of aryl methyl sites for hydroxylation is 1. The normalized spacial score (nSPS) is 13.2. The van der Waals surface area contributed by atoms with Gasteiger partial charge in [-0.1, -0.05) is 0 Å². The van der Waals surface area contributed by atoms with Crippen LogP contribution in [0.5, 0.6) is 5.75 Å². The second-order valence-corrected chi connectivity index (χ2v) is 7.88. The number of aliphatic carboxylic acids is 2. The van der Waals surface area contributed by atoms with E-state index in [1.54, 1.807) is 19.2 Å². The van der Waals surface area contributed by atoms with Gasteiger partial charge in [0.15, 0.2) is 5.75 Å². The van der Waals surface area contributed by atoms with Crippen molar-refractivity contribution < 1.29 is 34.5 Å². The van der Waals surface area contributed by atoms with Crippen LogP contribution in [-0.4, -0.2) is 62.3 Å². The Kier molecular flexibility index (Phi) is 11.7. The van der Waals surface area contributed by atoms with E-state index in [1.807, 2.05) is 4.57 Å². The lowest BCUT2D eigenvalue weighted by Crippen LogP contribution is -2.39. The molecule has 11 nitrogen and oxygen atoms in total. The zero-order chi connectivity index (χ0) is 25.0. The van der Waals surface area contributed by atoms with E-state index in [0.29, 0.717) is 62.7 Å². The van der Waals surface area contributed by atoms with Crippen LogP contribution in [0.25, 0.3) is 0 Å². The Labute approximate surface area is 192 Å². The van der Waals surface area contributed by atoms with Crippen LogP contribution in [0.3, 0.4) is 0 Å². The number of aromatic nitrogens is 1. The van der Waals surface area contributed by atoms with Gasteiger partial charge in [-0.2, -0.15) is 0 Å². The maximum absolute atomic E-state index is 11.2. The minimum atomic E-state index is -1.07. The summed E-state index contributed by atoms with van der Waals surface area (Å²) in [6, 6.07) is -0.137. The van der Waals surface area contributed by atoms with Crippen molar-refractivity contribution in [2.45, 2.75) is 77.9 Å². The molecule has 0 radical (unpaired) electrons. The third kappa shape index (κ3) is 10.2. The molecule has 33 heavy (non-hydrogen) atoms. The molecule has 2 atom stereocenters. The van der Waals surface area contributed by atoms with Crippen LogP contribution >= 0.6 is 0 Å². The standard InChI is InChI=1S/C22H34N4O7/c1-14-20(29)17(23-11-6-4-8-18(21(30)31)24-15(2)27)10-13-26(14)12-7-5-9-19(22(32)33)25-16(3)28/h10,13,18-19,29H,4-9,11-12H2,1-3H3,(H,24,27)(H,25,28)(H,30,31)(H,32,33). The third-order valence-electron chi connectivity index (χ3n) is 5.10. The zero-order valence-corrected chi connectivity index (χ0v) is 19.3. The Morgan fingerprint density at radius 3 is 1.94 bits per heavy atom. The molecule has 0 bridgehead atoms. The molecule has 184 valence electrons. The number of rotatable bonds is 14. The number of amides is 2. The molecule has 2 amide bonds. The molecule has 5 N–H and O–H groups in total. The molecule has 1 rings (SSSR count). The first-order valence-corrected chi connectivity index (χ1v) is 10.9. The quantitative estimate of drug-likeness (QED) is 0.254. The molecule has 0 saturated carbocycles. The fourth-order valence-corrected chi connectivity index (χ4v) is 3.34. The molecule has 0 spiro atoms. The van der Waals surface area contributed by atoms with Gasteiger partial charge in [0.2, 0.25) is 11.8 Å². The fraction of sp³-hybridized carbons (Fsp3) is 0.591. The van der Waals surface area contributed by atoms with Crippen molar-refractivity contribution in [1.29, 1.82) is 0 Å². The van der Waals surface area contributed by atoms with Crippen molar-refractivity contribution in [3.05, 3.63) is 23.3 Å². The highest BCUT2D eigenvalue weighted by molar-refractivity contribution is 5.82. The minimum Gasteiger partial charge on any atom is -0.504 e. The summed E-state index contributed by atoms with van der Waals surface area (Å²) in [5.41, 5.74) is 0.629. The molecule has 2 unspecified atom stereocenters. The molecular formula is C22H34N4O7. The first-order valence-electron chi connectivity index (χ1n) is 10.9. The van der Waals surface area contributed by atoms with E-state index in [9.17, 15) is 24.3 Å². The molecule has 0 aliphatic rings. The number of nitrogens with one attached hydrogen (secondary N) is 2. The van der Waals surface area contributed by atoms with Gasteiger partial charge in [0.25, 0.3) is 0 Å². The van der Waals surface area contributed by atoms with Crippen molar-refractivity contribution in [3.8, 4) is 5.75 Å². The second-order valence-electron chi connectivity index (χ2n) is 7.88. The summed E-state index contributed by atoms with van der Waals surface area (Å²) in [5, 5.41) is 33.9. The van der Waals surface area contributed by atoms with Gasteiger partial charge in [-0.25, -0.2) is 9.59 Å². The number of carbonyl (C=O) groups is 4. The van der Waals surface area contributed by atoms with E-state index < -0.39 is 24.0 Å². The van der Waals surface area contributed by atoms with Crippen LogP contribution in [0, 0.1) is 6.92 Å². The predicted molar refractivity (Wildman–Crippen MR) is 119 cm³/mol. The SMILES string of the molecule is CC(=O)NC(CCCCN=c1ccn(CCCCC(NC(C)=O)C(=O)O)c(C)c1O)C(=O)O. The van der Waals surface area contributed by atoms with Gasteiger partial charge in [0, 0.05) is 33.1 Å². The number of carbonyl (C=O) groups excluding carboxylic acids is 2. The molecule has 1 aromatic rings. The molecule has 0 fully saturated rings. The summed E-state index contributed by atoms with van der Waals surface area (Å²) in [7, 11) is 0. The molecule has 0 saturated heterocycles. The summed E-state index contributed by atoms with van der Waals surface area (Å²) in [4.78, 5) is 48.8. The van der Waals surface area contributed by atoms with Crippen molar-refractivity contribution >= 4 is 23.8 Å². The second kappa shape index (κ2) is 13.9. The van der Waals surface area contributed by atoms with Gasteiger partial charge in [0.05, 0.1) is 5.69 Å². The van der Waals surface area contributed by atoms with Gasteiger partial charge >= 0.3 is 11.9 Å². The average molecular weight is 467 g/mol. The summed E-state index contributed by atoms with van der Waals surface area (Å²) < 4.78 is 1.85. The number of aromatic hydroxyl groups is 1. The summed E-state index contributed by atoms with van der Waals surface area (Å²) in [6.45, 7) is 5.30. The van der Waals surface area contributed by atoms with Crippen molar-refractivity contribution in [2.24, 2.45) is 4.99 Å². The Bertz CT molecular complexity index is 910. The molecule has 0 aromatic carbocycles. The Morgan fingerprint density at radius 2 is 1.45 bits per heavy atom. The molecular weight excluding hydrogens is 432 g/mol.